The molecule has 1 aliphatic heterocycles. The van der Waals surface area contributed by atoms with Crippen LogP contribution in [0.25, 0.3) is 5.57 Å². The van der Waals surface area contributed by atoms with Crippen LogP contribution in [0.1, 0.15) is 36.1 Å². The van der Waals surface area contributed by atoms with E-state index in [-0.39, 0.29) is 5.92 Å². The zero-order chi connectivity index (χ0) is 26.6. The summed E-state index contributed by atoms with van der Waals surface area (Å²) in [7, 11) is 5.78. The molecular formula is C30H37N7O. The lowest BCUT2D eigenvalue weighted by atomic mass is 9.84. The van der Waals surface area contributed by atoms with E-state index in [9.17, 15) is 0 Å². The number of piperazine rings is 1. The van der Waals surface area contributed by atoms with Gasteiger partial charge in [-0.1, -0.05) is 37.3 Å². The molecule has 3 N–H and O–H groups in total. The predicted molar refractivity (Wildman–Crippen MR) is 155 cm³/mol. The van der Waals surface area contributed by atoms with E-state index >= 15 is 0 Å². The molecule has 8 nitrogen and oxygen atoms in total. The van der Waals surface area contributed by atoms with Gasteiger partial charge in [0, 0.05) is 74.1 Å². The smallest absolute Gasteiger partial charge is 0.227 e. The van der Waals surface area contributed by atoms with Crippen molar-refractivity contribution in [2.24, 2.45) is 0 Å². The maximum Gasteiger partial charge on any atom is 0.227 e. The van der Waals surface area contributed by atoms with Crippen LogP contribution < -0.4 is 20.3 Å². The van der Waals surface area contributed by atoms with E-state index in [1.54, 1.807) is 7.11 Å². The van der Waals surface area contributed by atoms with Crippen molar-refractivity contribution < 1.29 is 4.74 Å². The Kier molecular flexibility index (Phi) is 7.60. The molecule has 0 unspecified atom stereocenters. The Hall–Kier alpha value is -3.91. The van der Waals surface area contributed by atoms with Crippen molar-refractivity contribution in [1.82, 2.24) is 20.2 Å². The van der Waals surface area contributed by atoms with Gasteiger partial charge < -0.3 is 30.6 Å². The van der Waals surface area contributed by atoms with Gasteiger partial charge in [0.2, 0.25) is 5.95 Å². The molecule has 2 aliphatic rings. The minimum absolute atomic E-state index is 0.0936. The van der Waals surface area contributed by atoms with E-state index in [0.717, 1.165) is 72.3 Å². The molecule has 1 aromatic heterocycles. The Morgan fingerprint density at radius 3 is 2.53 bits per heavy atom. The number of rotatable bonds is 7. The van der Waals surface area contributed by atoms with E-state index < -0.39 is 0 Å². The second kappa shape index (κ2) is 11.2. The second-order valence-electron chi connectivity index (χ2n) is 10.0. The number of allylic oxidation sites excluding steroid dienone is 2. The lowest BCUT2D eigenvalue weighted by Gasteiger charge is -2.34. The van der Waals surface area contributed by atoms with Gasteiger partial charge in [0.15, 0.2) is 0 Å². The third-order valence-electron chi connectivity index (χ3n) is 7.62. The molecule has 38 heavy (non-hydrogen) atoms. The highest BCUT2D eigenvalue weighted by molar-refractivity contribution is 6.24. The van der Waals surface area contributed by atoms with Gasteiger partial charge in [0.25, 0.3) is 0 Å². The molecule has 1 aliphatic carbocycles. The van der Waals surface area contributed by atoms with E-state index in [2.05, 4.69) is 75.8 Å². The lowest BCUT2D eigenvalue weighted by Crippen LogP contribution is -2.44. The van der Waals surface area contributed by atoms with Crippen molar-refractivity contribution >= 4 is 28.6 Å². The number of fused-ring (bicyclic) bond motifs is 1. The standard InChI is InChI=1S/C30H37N7O/c1-20(21-8-6-5-7-9-21)28(32-2)27-24(31)12-10-22-19-33-30(35-29(22)27)34-25-13-11-23(18-26(25)38-4)37-16-14-36(3)15-17-37/h5-9,11,13,18-20,31-32H,10,12,14-17H2,1-4H3,(H,33,34,35)/b28-27+,31-24?/t20-/m0/s1. The highest BCUT2D eigenvalue weighted by Crippen LogP contribution is 2.36. The molecule has 1 atom stereocenters. The van der Waals surface area contributed by atoms with E-state index in [1.807, 2.05) is 25.4 Å². The maximum atomic E-state index is 8.85. The Bertz CT molecular complexity index is 1330. The third kappa shape index (κ3) is 5.22. The van der Waals surface area contributed by atoms with Gasteiger partial charge in [-0.05, 0) is 43.1 Å². The fourth-order valence-corrected chi connectivity index (χ4v) is 5.32. The highest BCUT2D eigenvalue weighted by atomic mass is 16.5. The van der Waals surface area contributed by atoms with Gasteiger partial charge in [-0.25, -0.2) is 9.97 Å². The van der Waals surface area contributed by atoms with Crippen molar-refractivity contribution in [2.75, 3.05) is 57.6 Å². The van der Waals surface area contributed by atoms with Crippen molar-refractivity contribution in [3.63, 3.8) is 0 Å². The third-order valence-corrected chi connectivity index (χ3v) is 7.62. The zero-order valence-electron chi connectivity index (χ0n) is 22.7. The average Bonchev–Trinajstić information content (AvgIpc) is 2.95. The molecule has 1 saturated heterocycles. The van der Waals surface area contributed by atoms with Crippen LogP contribution in [0.2, 0.25) is 0 Å². The molecule has 0 spiro atoms. The van der Waals surface area contributed by atoms with E-state index in [1.165, 1.54) is 5.56 Å². The number of hydrogen-bond donors (Lipinski definition) is 3. The number of aromatic nitrogens is 2. The summed E-state index contributed by atoms with van der Waals surface area (Å²) in [6.07, 6.45) is 3.33. The van der Waals surface area contributed by atoms with Crippen LogP contribution in [0.5, 0.6) is 5.75 Å². The average molecular weight is 512 g/mol. The summed E-state index contributed by atoms with van der Waals surface area (Å²) in [5.41, 5.74) is 7.51. The fraction of sp³-hybridized carbons (Fsp3) is 0.367. The van der Waals surface area contributed by atoms with Crippen molar-refractivity contribution in [3.05, 3.63) is 77.2 Å². The summed E-state index contributed by atoms with van der Waals surface area (Å²) < 4.78 is 5.75. The SMILES string of the molecule is CN/C(=C1\C(=N)CCc2cnc(Nc3ccc(N4CCN(C)CC4)cc3OC)nc21)[C@@H](C)c1ccccc1. The van der Waals surface area contributed by atoms with Crippen LogP contribution in [0.15, 0.2) is 60.4 Å². The molecule has 0 amide bonds. The zero-order valence-corrected chi connectivity index (χ0v) is 22.7. The number of hydrogen-bond acceptors (Lipinski definition) is 8. The number of aryl methyl sites for hydroxylation is 1. The molecule has 2 aromatic carbocycles. The van der Waals surface area contributed by atoms with Gasteiger partial charge in [0.1, 0.15) is 5.75 Å². The van der Waals surface area contributed by atoms with Crippen LogP contribution in [0.4, 0.5) is 17.3 Å². The Labute approximate surface area is 225 Å². The van der Waals surface area contributed by atoms with E-state index in [0.29, 0.717) is 18.1 Å². The number of benzene rings is 2. The Balaban J connectivity index is 1.47. The molecule has 198 valence electrons. The number of anilines is 3. The van der Waals surface area contributed by atoms with Crippen molar-refractivity contribution in [1.29, 1.82) is 5.41 Å². The first-order valence-corrected chi connectivity index (χ1v) is 13.3. The van der Waals surface area contributed by atoms with Gasteiger partial charge in [-0.3, -0.25) is 0 Å². The quantitative estimate of drug-likeness (QED) is 0.424. The topological polar surface area (TPSA) is 89.4 Å². The number of ether oxygens (including phenoxy) is 1. The molecule has 0 radical (unpaired) electrons. The molecule has 0 bridgehead atoms. The minimum atomic E-state index is 0.0936. The molecule has 8 heteroatoms. The number of nitrogens with zero attached hydrogens (tertiary/aromatic N) is 4. The van der Waals surface area contributed by atoms with Crippen molar-refractivity contribution in [3.8, 4) is 5.75 Å². The highest BCUT2D eigenvalue weighted by Gasteiger charge is 2.27. The largest absolute Gasteiger partial charge is 0.494 e. The van der Waals surface area contributed by atoms with Crippen LogP contribution in [0.3, 0.4) is 0 Å². The maximum absolute atomic E-state index is 8.85. The summed E-state index contributed by atoms with van der Waals surface area (Å²) in [4.78, 5) is 14.3. The van der Waals surface area contributed by atoms with Gasteiger partial charge in [-0.15, -0.1) is 0 Å². The van der Waals surface area contributed by atoms with Crippen molar-refractivity contribution in [2.45, 2.75) is 25.7 Å². The summed E-state index contributed by atoms with van der Waals surface area (Å²) in [5, 5.41) is 15.6. The normalized spacial score (nSPS) is 18.0. The monoisotopic (exact) mass is 511 g/mol. The van der Waals surface area contributed by atoms with Crippen LogP contribution >= 0.6 is 0 Å². The van der Waals surface area contributed by atoms with Crippen LogP contribution in [0, 0.1) is 5.41 Å². The minimum Gasteiger partial charge on any atom is -0.494 e. The van der Waals surface area contributed by atoms with Crippen LogP contribution in [-0.4, -0.2) is 68.0 Å². The van der Waals surface area contributed by atoms with Gasteiger partial charge in [0.05, 0.1) is 18.5 Å². The number of nitrogens with one attached hydrogen (secondary N) is 3. The van der Waals surface area contributed by atoms with E-state index in [4.69, 9.17) is 15.1 Å². The second-order valence-corrected chi connectivity index (χ2v) is 10.0. The molecule has 5 rings (SSSR count). The summed E-state index contributed by atoms with van der Waals surface area (Å²) >= 11 is 0. The number of likely N-dealkylation sites (N-methyl/N-ethyl adjacent to an activating group) is 2. The first-order chi connectivity index (χ1) is 18.5. The lowest BCUT2D eigenvalue weighted by molar-refractivity contribution is 0.312. The number of methoxy groups -OCH3 is 1. The van der Waals surface area contributed by atoms with Gasteiger partial charge in [-0.2, -0.15) is 0 Å². The molecule has 2 heterocycles. The molecule has 3 aromatic rings. The first-order valence-electron chi connectivity index (χ1n) is 13.3. The molecule has 1 fully saturated rings. The first kappa shape index (κ1) is 25.7. The Morgan fingerprint density at radius 1 is 1.05 bits per heavy atom. The molecular weight excluding hydrogens is 474 g/mol. The summed E-state index contributed by atoms with van der Waals surface area (Å²) in [6.45, 7) is 6.26. The summed E-state index contributed by atoms with van der Waals surface area (Å²) in [6, 6.07) is 16.6. The van der Waals surface area contributed by atoms with Gasteiger partial charge >= 0.3 is 0 Å². The molecule has 0 saturated carbocycles. The predicted octanol–water partition coefficient (Wildman–Crippen LogP) is 4.68. The van der Waals surface area contributed by atoms with Crippen LogP contribution in [-0.2, 0) is 6.42 Å². The summed E-state index contributed by atoms with van der Waals surface area (Å²) in [5.74, 6) is 1.33. The Morgan fingerprint density at radius 2 is 1.82 bits per heavy atom. The fourth-order valence-electron chi connectivity index (χ4n) is 5.32.